The zero-order chi connectivity index (χ0) is 23.4. The summed E-state index contributed by atoms with van der Waals surface area (Å²) in [5.74, 6) is -0.326. The Morgan fingerprint density at radius 2 is 1.88 bits per heavy atom. The minimum atomic E-state index is -3.18. The Hall–Kier alpha value is -2.90. The van der Waals surface area contributed by atoms with Gasteiger partial charge in [0.25, 0.3) is 0 Å². The SMILES string of the molecule is CC1CO[PH](O)(Cc2ccc(NC(=O)/C=C/c3cnn(C)c3-c3ccc(F)cc3)cc2)OC1. The van der Waals surface area contributed by atoms with E-state index in [4.69, 9.17) is 9.05 Å². The summed E-state index contributed by atoms with van der Waals surface area (Å²) in [6.45, 7) is 3.02. The average Bonchev–Trinajstić information content (AvgIpc) is 3.17. The molecule has 2 aromatic carbocycles. The van der Waals surface area contributed by atoms with Crippen molar-refractivity contribution in [3.05, 3.63) is 77.7 Å². The van der Waals surface area contributed by atoms with E-state index in [9.17, 15) is 14.1 Å². The van der Waals surface area contributed by atoms with Gasteiger partial charge in [-0.25, -0.2) is 4.39 Å². The Balaban J connectivity index is 1.38. The maximum atomic E-state index is 13.3. The van der Waals surface area contributed by atoms with Crippen molar-refractivity contribution < 1.29 is 23.1 Å². The fourth-order valence-electron chi connectivity index (χ4n) is 3.59. The molecule has 4 rings (SSSR count). The van der Waals surface area contributed by atoms with Gasteiger partial charge in [0.1, 0.15) is 5.82 Å². The van der Waals surface area contributed by atoms with Crippen molar-refractivity contribution in [3.8, 4) is 11.3 Å². The fourth-order valence-corrected chi connectivity index (χ4v) is 5.72. The number of aryl methyl sites for hydroxylation is 1. The molecule has 0 bridgehead atoms. The van der Waals surface area contributed by atoms with E-state index in [-0.39, 0.29) is 17.6 Å². The fraction of sp³-hybridized carbons (Fsp3) is 0.250. The summed E-state index contributed by atoms with van der Waals surface area (Å²) in [5, 5.41) is 7.06. The van der Waals surface area contributed by atoms with Gasteiger partial charge in [0.2, 0.25) is 0 Å². The number of nitrogens with zero attached hydrogens (tertiary/aromatic N) is 2. The van der Waals surface area contributed by atoms with Crippen molar-refractivity contribution >= 4 is 25.6 Å². The molecule has 2 heterocycles. The number of anilines is 1. The molecule has 0 saturated carbocycles. The van der Waals surface area contributed by atoms with Crippen LogP contribution in [0.15, 0.2) is 60.8 Å². The topological polar surface area (TPSA) is 85.6 Å². The number of rotatable bonds is 6. The van der Waals surface area contributed by atoms with Crippen LogP contribution in [-0.4, -0.2) is 33.8 Å². The number of aromatic nitrogens is 2. The summed E-state index contributed by atoms with van der Waals surface area (Å²) in [4.78, 5) is 23.0. The van der Waals surface area contributed by atoms with Crippen LogP contribution in [-0.2, 0) is 27.1 Å². The minimum absolute atomic E-state index is 0.279. The van der Waals surface area contributed by atoms with Crippen LogP contribution in [0.5, 0.6) is 0 Å². The van der Waals surface area contributed by atoms with E-state index in [1.807, 2.05) is 19.1 Å². The van der Waals surface area contributed by atoms with Crippen LogP contribution in [0.2, 0.25) is 0 Å². The van der Waals surface area contributed by atoms with E-state index in [0.29, 0.717) is 25.1 Å². The molecular weight excluding hydrogens is 444 g/mol. The summed E-state index contributed by atoms with van der Waals surface area (Å²) in [5.41, 5.74) is 3.84. The first-order valence-corrected chi connectivity index (χ1v) is 12.6. The Morgan fingerprint density at radius 1 is 1.21 bits per heavy atom. The molecule has 0 radical (unpaired) electrons. The van der Waals surface area contributed by atoms with E-state index in [1.54, 1.807) is 48.3 Å². The Morgan fingerprint density at radius 3 is 2.55 bits per heavy atom. The van der Waals surface area contributed by atoms with Crippen LogP contribution in [0, 0.1) is 11.7 Å². The van der Waals surface area contributed by atoms with Crippen LogP contribution < -0.4 is 5.32 Å². The number of carbonyl (C=O) groups is 1. The molecule has 0 atom stereocenters. The van der Waals surface area contributed by atoms with Crippen LogP contribution in [0.3, 0.4) is 0 Å². The normalized spacial score (nSPS) is 18.8. The molecule has 0 spiro atoms. The third-order valence-corrected chi connectivity index (χ3v) is 7.43. The Labute approximate surface area is 192 Å². The third kappa shape index (κ3) is 5.92. The molecule has 1 fully saturated rings. The standard InChI is InChI=1S/C24H27FN3O4P/c1-17-14-31-33(30,32-15-17)16-18-3-10-22(11-4-18)27-23(29)12-7-20-13-26-28(2)24(20)19-5-8-21(25)9-6-19/h3-13,17,30,33H,14-16H2,1-2H3,(H,27,29)/b12-7+. The van der Waals surface area contributed by atoms with Crippen LogP contribution in [0.25, 0.3) is 17.3 Å². The molecule has 1 aromatic heterocycles. The first-order chi connectivity index (χ1) is 15.8. The summed E-state index contributed by atoms with van der Waals surface area (Å²) >= 11 is 0. The van der Waals surface area contributed by atoms with Crippen molar-refractivity contribution in [2.75, 3.05) is 18.5 Å². The van der Waals surface area contributed by atoms with E-state index in [2.05, 4.69) is 10.4 Å². The monoisotopic (exact) mass is 471 g/mol. The van der Waals surface area contributed by atoms with E-state index in [1.165, 1.54) is 18.2 Å². The summed E-state index contributed by atoms with van der Waals surface area (Å²) in [6, 6.07) is 13.4. The Bertz CT molecular complexity index is 1140. The molecule has 174 valence electrons. The van der Waals surface area contributed by atoms with Gasteiger partial charge in [0, 0.05) is 7.05 Å². The second-order valence-electron chi connectivity index (χ2n) is 8.22. The van der Waals surface area contributed by atoms with Gasteiger partial charge in [-0.2, -0.15) is 0 Å². The zero-order valence-corrected chi connectivity index (χ0v) is 19.5. The molecule has 33 heavy (non-hydrogen) atoms. The zero-order valence-electron chi connectivity index (χ0n) is 18.5. The van der Waals surface area contributed by atoms with Gasteiger partial charge in [-0.15, -0.1) is 0 Å². The molecule has 1 amide bonds. The predicted molar refractivity (Wildman–Crippen MR) is 128 cm³/mol. The van der Waals surface area contributed by atoms with E-state index in [0.717, 1.165) is 22.4 Å². The first kappa shape index (κ1) is 23.3. The van der Waals surface area contributed by atoms with Gasteiger partial charge in [-0.1, -0.05) is 0 Å². The molecule has 1 aliphatic rings. The van der Waals surface area contributed by atoms with Gasteiger partial charge >= 0.3 is 151 Å². The molecule has 2 N–H and O–H groups in total. The second kappa shape index (κ2) is 9.93. The molecule has 0 aliphatic carbocycles. The number of hydrogen-bond acceptors (Lipinski definition) is 5. The summed E-state index contributed by atoms with van der Waals surface area (Å²) in [7, 11) is -1.39. The van der Waals surface area contributed by atoms with Gasteiger partial charge < -0.3 is 0 Å². The van der Waals surface area contributed by atoms with Gasteiger partial charge in [-0.05, 0) is 24.3 Å². The van der Waals surface area contributed by atoms with Gasteiger partial charge in [-0.3, -0.25) is 0 Å². The third-order valence-electron chi connectivity index (χ3n) is 5.33. The number of amides is 1. The number of benzene rings is 2. The number of hydrogen-bond donors (Lipinski definition) is 2. The van der Waals surface area contributed by atoms with Crippen molar-refractivity contribution in [2.24, 2.45) is 13.0 Å². The second-order valence-corrected chi connectivity index (χ2v) is 10.6. The molecule has 3 aromatic rings. The van der Waals surface area contributed by atoms with Gasteiger partial charge in [0.05, 0.1) is 0 Å². The van der Waals surface area contributed by atoms with Crippen molar-refractivity contribution in [1.29, 1.82) is 0 Å². The van der Waals surface area contributed by atoms with Crippen LogP contribution in [0.1, 0.15) is 18.1 Å². The molecule has 1 saturated heterocycles. The molecule has 7 nitrogen and oxygen atoms in total. The van der Waals surface area contributed by atoms with E-state index < -0.39 is 7.94 Å². The molecule has 9 heteroatoms. The first-order valence-electron chi connectivity index (χ1n) is 10.7. The van der Waals surface area contributed by atoms with Gasteiger partial charge in [0.15, 0.2) is 0 Å². The predicted octanol–water partition coefficient (Wildman–Crippen LogP) is 4.55. The van der Waals surface area contributed by atoms with Crippen LogP contribution >= 0.6 is 7.94 Å². The van der Waals surface area contributed by atoms with Crippen molar-refractivity contribution in [3.63, 3.8) is 0 Å². The average molecular weight is 471 g/mol. The van der Waals surface area contributed by atoms with E-state index >= 15 is 0 Å². The van der Waals surface area contributed by atoms with Crippen molar-refractivity contribution in [2.45, 2.75) is 13.1 Å². The number of nitrogens with one attached hydrogen (secondary N) is 1. The quantitative estimate of drug-likeness (QED) is 0.407. The molecule has 1 aliphatic heterocycles. The Kier molecular flexibility index (Phi) is 7.00. The number of halogens is 1. The van der Waals surface area contributed by atoms with Crippen LogP contribution in [0.4, 0.5) is 10.1 Å². The molecule has 0 unspecified atom stereocenters. The summed E-state index contributed by atoms with van der Waals surface area (Å²) in [6.07, 6.45) is 5.09. The summed E-state index contributed by atoms with van der Waals surface area (Å²) < 4.78 is 26.1. The number of carbonyl (C=O) groups excluding carboxylic acids is 1. The maximum absolute atomic E-state index is 13.3. The molecular formula is C24H27FN3O4P. The van der Waals surface area contributed by atoms with Crippen molar-refractivity contribution in [1.82, 2.24) is 9.78 Å².